The van der Waals surface area contributed by atoms with E-state index in [9.17, 15) is 0 Å². The molecular formula is C18H23NO2. The fraction of sp³-hybridized carbons (Fsp3) is 0.556. The number of hydrogen-bond donors (Lipinski definition) is 0. The van der Waals surface area contributed by atoms with E-state index in [-0.39, 0.29) is 0 Å². The van der Waals surface area contributed by atoms with Crippen molar-refractivity contribution in [3.8, 4) is 11.5 Å². The van der Waals surface area contributed by atoms with Crippen molar-refractivity contribution < 1.29 is 9.47 Å². The highest BCUT2D eigenvalue weighted by Gasteiger charge is 2.40. The second kappa shape index (κ2) is 5.06. The highest BCUT2D eigenvalue weighted by Crippen LogP contribution is 2.41. The van der Waals surface area contributed by atoms with Gasteiger partial charge in [0.15, 0.2) is 11.5 Å². The van der Waals surface area contributed by atoms with E-state index in [2.05, 4.69) is 30.0 Å². The third-order valence-corrected chi connectivity index (χ3v) is 5.24. The second-order valence-electron chi connectivity index (χ2n) is 6.62. The fourth-order valence-electron chi connectivity index (χ4n) is 4.11. The molecule has 2 aliphatic heterocycles. The molecule has 3 nitrogen and oxygen atoms in total. The Balaban J connectivity index is 1.45. The van der Waals surface area contributed by atoms with Crippen molar-refractivity contribution in [2.75, 3.05) is 19.9 Å². The van der Waals surface area contributed by atoms with Gasteiger partial charge in [-0.15, -0.1) is 0 Å². The first-order chi connectivity index (χ1) is 10.3. The molecule has 0 radical (unpaired) electrons. The van der Waals surface area contributed by atoms with Crippen LogP contribution in [0.4, 0.5) is 0 Å². The van der Waals surface area contributed by atoms with Crippen LogP contribution in [0.1, 0.15) is 38.2 Å². The molecule has 0 aromatic heterocycles. The molecule has 3 aliphatic rings. The summed E-state index contributed by atoms with van der Waals surface area (Å²) in [6, 6.07) is 6.35. The Morgan fingerprint density at radius 1 is 1.19 bits per heavy atom. The monoisotopic (exact) mass is 285 g/mol. The van der Waals surface area contributed by atoms with Crippen molar-refractivity contribution in [3.05, 3.63) is 35.4 Å². The van der Waals surface area contributed by atoms with Crippen molar-refractivity contribution in [3.63, 3.8) is 0 Å². The number of nitrogens with zero attached hydrogens (tertiary/aromatic N) is 1. The van der Waals surface area contributed by atoms with E-state index < -0.39 is 0 Å². The number of ether oxygens (including phenoxy) is 2. The van der Waals surface area contributed by atoms with Crippen LogP contribution < -0.4 is 9.47 Å². The number of fused-ring (bicyclic) bond motifs is 1. The van der Waals surface area contributed by atoms with Gasteiger partial charge in [0.1, 0.15) is 0 Å². The molecule has 1 aromatic rings. The van der Waals surface area contributed by atoms with Crippen LogP contribution in [0.15, 0.2) is 29.8 Å². The lowest BCUT2D eigenvalue weighted by Gasteiger charge is -2.33. The number of benzene rings is 1. The third-order valence-electron chi connectivity index (χ3n) is 5.24. The van der Waals surface area contributed by atoms with Gasteiger partial charge >= 0.3 is 0 Å². The first-order valence-electron chi connectivity index (χ1n) is 8.07. The number of rotatable bonds is 3. The van der Waals surface area contributed by atoms with E-state index in [0.717, 1.165) is 24.5 Å². The van der Waals surface area contributed by atoms with E-state index in [0.29, 0.717) is 12.3 Å². The quantitative estimate of drug-likeness (QED) is 0.793. The molecule has 0 bridgehead atoms. The molecule has 1 fully saturated rings. The van der Waals surface area contributed by atoms with Gasteiger partial charge in [-0.3, -0.25) is 4.90 Å². The molecule has 1 aliphatic carbocycles. The van der Waals surface area contributed by atoms with Gasteiger partial charge in [-0.05, 0) is 63.3 Å². The van der Waals surface area contributed by atoms with Gasteiger partial charge in [-0.2, -0.15) is 0 Å². The summed E-state index contributed by atoms with van der Waals surface area (Å²) in [5.74, 6) is 1.78. The van der Waals surface area contributed by atoms with Crippen LogP contribution in [0.3, 0.4) is 0 Å². The van der Waals surface area contributed by atoms with E-state index in [4.69, 9.17) is 9.47 Å². The van der Waals surface area contributed by atoms with Crippen LogP contribution in [0.2, 0.25) is 0 Å². The lowest BCUT2D eigenvalue weighted by Crippen LogP contribution is -2.41. The third kappa shape index (κ3) is 2.34. The average Bonchev–Trinajstić information content (AvgIpc) is 3.18. The van der Waals surface area contributed by atoms with Crippen molar-refractivity contribution in [2.45, 2.75) is 44.6 Å². The molecule has 0 N–H and O–H groups in total. The Labute approximate surface area is 126 Å². The van der Waals surface area contributed by atoms with Crippen LogP contribution in [0, 0.1) is 0 Å². The van der Waals surface area contributed by atoms with Crippen LogP contribution in [0.5, 0.6) is 11.5 Å². The molecule has 112 valence electrons. The van der Waals surface area contributed by atoms with Gasteiger partial charge in [0, 0.05) is 12.1 Å². The molecule has 4 rings (SSSR count). The summed E-state index contributed by atoms with van der Waals surface area (Å²) in [6.07, 6.45) is 8.90. The first kappa shape index (κ1) is 13.2. The Kier molecular flexibility index (Phi) is 3.18. The van der Waals surface area contributed by atoms with Crippen LogP contribution in [-0.2, 0) is 6.42 Å². The summed E-state index contributed by atoms with van der Waals surface area (Å²) in [5, 5.41) is 0. The van der Waals surface area contributed by atoms with Crippen molar-refractivity contribution in [2.24, 2.45) is 0 Å². The Morgan fingerprint density at radius 3 is 2.95 bits per heavy atom. The SMILES string of the molecule is CC1=C[C@]2(CCCN2CCc2ccc3c(c2)OCO3)CC1. The summed E-state index contributed by atoms with van der Waals surface area (Å²) in [7, 11) is 0. The molecular weight excluding hydrogens is 262 g/mol. The van der Waals surface area contributed by atoms with Gasteiger partial charge in [0.25, 0.3) is 0 Å². The summed E-state index contributed by atoms with van der Waals surface area (Å²) in [4.78, 5) is 2.70. The number of allylic oxidation sites excluding steroid dienone is 1. The topological polar surface area (TPSA) is 21.7 Å². The summed E-state index contributed by atoms with van der Waals surface area (Å²) >= 11 is 0. The smallest absolute Gasteiger partial charge is 0.231 e. The Morgan fingerprint density at radius 2 is 2.10 bits per heavy atom. The molecule has 0 saturated carbocycles. The molecule has 1 aromatic carbocycles. The van der Waals surface area contributed by atoms with E-state index in [1.165, 1.54) is 37.8 Å². The summed E-state index contributed by atoms with van der Waals surface area (Å²) in [5.41, 5.74) is 3.30. The van der Waals surface area contributed by atoms with Crippen LogP contribution in [-0.4, -0.2) is 30.3 Å². The Hall–Kier alpha value is -1.48. The molecule has 0 unspecified atom stereocenters. The van der Waals surface area contributed by atoms with Gasteiger partial charge in [0.2, 0.25) is 6.79 Å². The molecule has 1 saturated heterocycles. The largest absolute Gasteiger partial charge is 0.454 e. The second-order valence-corrected chi connectivity index (χ2v) is 6.62. The van der Waals surface area contributed by atoms with Gasteiger partial charge < -0.3 is 9.47 Å². The minimum atomic E-state index is 0.359. The summed E-state index contributed by atoms with van der Waals surface area (Å²) in [6.45, 7) is 5.03. The molecule has 3 heteroatoms. The zero-order valence-electron chi connectivity index (χ0n) is 12.7. The predicted molar refractivity (Wildman–Crippen MR) is 82.8 cm³/mol. The summed E-state index contributed by atoms with van der Waals surface area (Å²) < 4.78 is 10.9. The zero-order chi connectivity index (χ0) is 14.3. The number of likely N-dealkylation sites (tertiary alicyclic amines) is 1. The normalized spacial score (nSPS) is 27.6. The molecule has 21 heavy (non-hydrogen) atoms. The maximum absolute atomic E-state index is 5.47. The Bertz CT molecular complexity index is 581. The minimum absolute atomic E-state index is 0.359. The van der Waals surface area contributed by atoms with Crippen molar-refractivity contribution in [1.82, 2.24) is 4.90 Å². The molecule has 1 spiro atoms. The predicted octanol–water partition coefficient (Wildman–Crippen LogP) is 3.53. The first-order valence-corrected chi connectivity index (χ1v) is 8.07. The molecule has 1 atom stereocenters. The fourth-order valence-corrected chi connectivity index (χ4v) is 4.11. The molecule has 2 heterocycles. The highest BCUT2D eigenvalue weighted by atomic mass is 16.7. The van der Waals surface area contributed by atoms with Gasteiger partial charge in [-0.1, -0.05) is 17.7 Å². The minimum Gasteiger partial charge on any atom is -0.454 e. The zero-order valence-corrected chi connectivity index (χ0v) is 12.7. The average molecular weight is 285 g/mol. The highest BCUT2D eigenvalue weighted by molar-refractivity contribution is 5.44. The van der Waals surface area contributed by atoms with E-state index >= 15 is 0 Å². The lowest BCUT2D eigenvalue weighted by molar-refractivity contribution is 0.174. The lowest BCUT2D eigenvalue weighted by atomic mass is 9.95. The van der Waals surface area contributed by atoms with E-state index in [1.807, 2.05) is 6.07 Å². The molecule has 0 amide bonds. The van der Waals surface area contributed by atoms with Crippen molar-refractivity contribution in [1.29, 1.82) is 0 Å². The maximum atomic E-state index is 5.47. The van der Waals surface area contributed by atoms with Crippen LogP contribution >= 0.6 is 0 Å². The maximum Gasteiger partial charge on any atom is 0.231 e. The van der Waals surface area contributed by atoms with Crippen molar-refractivity contribution >= 4 is 0 Å². The van der Waals surface area contributed by atoms with Crippen LogP contribution in [0.25, 0.3) is 0 Å². The van der Waals surface area contributed by atoms with Gasteiger partial charge in [0.05, 0.1) is 0 Å². The van der Waals surface area contributed by atoms with Gasteiger partial charge in [-0.25, -0.2) is 0 Å². The number of hydrogen-bond acceptors (Lipinski definition) is 3. The standard InChI is InChI=1S/C18H23NO2/c1-14-5-8-18(12-14)7-2-9-19(18)10-6-15-3-4-16-17(11-15)21-13-20-16/h3-4,11-12H,2,5-10,13H2,1H3/t18-/m0/s1. The van der Waals surface area contributed by atoms with E-state index in [1.54, 1.807) is 5.57 Å².